The molecule has 0 spiro atoms. The van der Waals surface area contributed by atoms with Crippen molar-refractivity contribution in [1.82, 2.24) is 7.94 Å². The maximum absolute atomic E-state index is 14.0. The second-order valence-corrected chi connectivity index (χ2v) is 20.9. The highest BCUT2D eigenvalue weighted by Crippen LogP contribution is 2.43. The van der Waals surface area contributed by atoms with E-state index < -0.39 is 34.5 Å². The number of hydrogen-bond acceptors (Lipinski definition) is 5. The lowest BCUT2D eigenvalue weighted by Crippen LogP contribution is -2.42. The fourth-order valence-electron chi connectivity index (χ4n) is 4.89. The maximum atomic E-state index is 14.0. The number of aryl methyl sites for hydroxylation is 2. The molecule has 1 aliphatic carbocycles. The van der Waals surface area contributed by atoms with E-state index in [1.807, 2.05) is 13.8 Å². The van der Waals surface area contributed by atoms with Gasteiger partial charge in [-0.15, -0.1) is 0 Å². The van der Waals surface area contributed by atoms with Gasteiger partial charge in [-0.25, -0.2) is 24.8 Å². The Kier molecular flexibility index (Phi) is 7.58. The molecular formula is C32H38N2O5S2Si. The molecule has 42 heavy (non-hydrogen) atoms. The summed E-state index contributed by atoms with van der Waals surface area (Å²) in [4.78, 5) is 0.395. The van der Waals surface area contributed by atoms with Gasteiger partial charge in [0.25, 0.3) is 20.0 Å². The topological polar surface area (TPSA) is 87.4 Å². The second kappa shape index (κ2) is 10.5. The molecule has 1 unspecified atom stereocenters. The molecular weight excluding hydrogens is 585 g/mol. The predicted molar refractivity (Wildman–Crippen MR) is 170 cm³/mol. The van der Waals surface area contributed by atoms with E-state index >= 15 is 0 Å². The van der Waals surface area contributed by atoms with Gasteiger partial charge in [0.2, 0.25) is 0 Å². The first-order valence-electron chi connectivity index (χ1n) is 13.9. The summed E-state index contributed by atoms with van der Waals surface area (Å²) in [7, 11) is -10.2. The van der Waals surface area contributed by atoms with E-state index in [0.717, 1.165) is 16.7 Å². The molecule has 0 saturated carbocycles. The van der Waals surface area contributed by atoms with Crippen molar-refractivity contribution in [2.24, 2.45) is 0 Å². The molecule has 0 bridgehead atoms. The molecule has 222 valence electrons. The van der Waals surface area contributed by atoms with Gasteiger partial charge in [0.05, 0.1) is 27.3 Å². The molecule has 5 rings (SSSR count). The smallest absolute Gasteiger partial charge is 0.268 e. The number of aromatic nitrogens is 2. The van der Waals surface area contributed by atoms with Crippen molar-refractivity contribution in [2.45, 2.75) is 75.1 Å². The van der Waals surface area contributed by atoms with E-state index in [1.54, 1.807) is 85.2 Å². The maximum Gasteiger partial charge on any atom is 0.268 e. The van der Waals surface area contributed by atoms with E-state index in [1.165, 1.54) is 7.94 Å². The first-order chi connectivity index (χ1) is 19.5. The van der Waals surface area contributed by atoms with Crippen molar-refractivity contribution in [1.29, 1.82) is 0 Å². The normalized spacial score (nSPS) is 16.8. The molecule has 0 aliphatic heterocycles. The van der Waals surface area contributed by atoms with Crippen molar-refractivity contribution < 1.29 is 21.3 Å². The molecule has 4 aromatic rings. The summed E-state index contributed by atoms with van der Waals surface area (Å²) < 4.78 is 64.9. The van der Waals surface area contributed by atoms with Gasteiger partial charge in [-0.05, 0) is 85.6 Å². The average Bonchev–Trinajstić information content (AvgIpc) is 3.50. The zero-order valence-corrected chi connectivity index (χ0v) is 27.8. The molecule has 0 fully saturated rings. The minimum Gasteiger partial charge on any atom is -0.408 e. The molecule has 0 amide bonds. The van der Waals surface area contributed by atoms with E-state index in [-0.39, 0.29) is 14.8 Å². The second-order valence-electron chi connectivity index (χ2n) is 12.5. The van der Waals surface area contributed by atoms with Crippen LogP contribution in [0.15, 0.2) is 82.8 Å². The highest BCUT2D eigenvalue weighted by molar-refractivity contribution is 7.90. The zero-order valence-electron chi connectivity index (χ0n) is 25.1. The molecule has 2 aromatic heterocycles. The lowest BCUT2D eigenvalue weighted by atomic mass is 10.00. The van der Waals surface area contributed by atoms with E-state index in [2.05, 4.69) is 33.9 Å². The largest absolute Gasteiger partial charge is 0.408 e. The van der Waals surface area contributed by atoms with Crippen LogP contribution in [0.3, 0.4) is 0 Å². The van der Waals surface area contributed by atoms with E-state index in [0.29, 0.717) is 23.4 Å². The Bertz CT molecular complexity index is 1870. The monoisotopic (exact) mass is 622 g/mol. The summed E-state index contributed by atoms with van der Waals surface area (Å²) in [5.41, 5.74) is 4.43. The molecule has 2 aromatic carbocycles. The van der Waals surface area contributed by atoms with Gasteiger partial charge in [0, 0.05) is 18.8 Å². The summed E-state index contributed by atoms with van der Waals surface area (Å²) >= 11 is 0. The van der Waals surface area contributed by atoms with Crippen molar-refractivity contribution >= 4 is 40.5 Å². The minimum absolute atomic E-state index is 0.137. The van der Waals surface area contributed by atoms with Crippen LogP contribution in [0.2, 0.25) is 18.1 Å². The fourth-order valence-corrected chi connectivity index (χ4v) is 8.92. The third-order valence-corrected chi connectivity index (χ3v) is 16.3. The minimum atomic E-state index is -3.92. The SMILES string of the molecule is Cc1ccc(S(=O)(=O)n2ccc3c2/C=C\c2ccn(S(=O)(=O)c4ccc(C)cc4)c2C(O[Si](C)(C)C(C)(C)C)C3)cc1. The third-order valence-electron chi connectivity index (χ3n) is 8.43. The summed E-state index contributed by atoms with van der Waals surface area (Å²) in [5, 5.41) is -0.137. The fraction of sp³-hybridized carbons (Fsp3) is 0.312. The standard InChI is InChI=1S/C32H38N2O5S2Si/c1-23-8-13-27(14-9-23)40(35,36)33-20-19-26-22-30(39-42(6,7)32(3,4)5)31-25(12-17-29(26)33)18-21-34(31)41(37,38)28-15-10-24(2)11-16-28/h8-21,30H,22H2,1-7H3/b17-12-. The van der Waals surface area contributed by atoms with Crippen LogP contribution in [0, 0.1) is 13.8 Å². The molecule has 2 heterocycles. The summed E-state index contributed by atoms with van der Waals surface area (Å²) in [6.45, 7) is 14.5. The summed E-state index contributed by atoms with van der Waals surface area (Å²) in [6, 6.07) is 17.1. The number of hydrogen-bond donors (Lipinski definition) is 0. The van der Waals surface area contributed by atoms with E-state index in [4.69, 9.17) is 4.43 Å². The molecule has 0 radical (unpaired) electrons. The van der Waals surface area contributed by atoms with Gasteiger partial charge in [-0.1, -0.05) is 62.2 Å². The van der Waals surface area contributed by atoms with Crippen LogP contribution in [0.5, 0.6) is 0 Å². The first-order valence-corrected chi connectivity index (χ1v) is 19.7. The quantitative estimate of drug-likeness (QED) is 0.213. The Balaban J connectivity index is 1.68. The molecule has 0 saturated heterocycles. The first kappa shape index (κ1) is 30.3. The molecule has 1 atom stereocenters. The van der Waals surface area contributed by atoms with Gasteiger partial charge in [0.15, 0.2) is 8.32 Å². The number of benzene rings is 2. The Morgan fingerprint density at radius 1 is 0.738 bits per heavy atom. The number of nitrogens with zero attached hydrogens (tertiary/aromatic N) is 2. The van der Waals surface area contributed by atoms with Gasteiger partial charge >= 0.3 is 0 Å². The van der Waals surface area contributed by atoms with Crippen LogP contribution >= 0.6 is 0 Å². The Labute approximate surface area is 250 Å². The van der Waals surface area contributed by atoms with Crippen LogP contribution in [-0.2, 0) is 30.9 Å². The van der Waals surface area contributed by atoms with Crippen molar-refractivity contribution in [3.63, 3.8) is 0 Å². The van der Waals surface area contributed by atoms with Crippen molar-refractivity contribution in [3.05, 3.63) is 107 Å². The van der Waals surface area contributed by atoms with Crippen LogP contribution in [-0.4, -0.2) is 33.1 Å². The van der Waals surface area contributed by atoms with Crippen molar-refractivity contribution in [2.75, 3.05) is 0 Å². The lowest BCUT2D eigenvalue weighted by Gasteiger charge is -2.40. The van der Waals surface area contributed by atoms with Gasteiger partial charge in [-0.2, -0.15) is 0 Å². The van der Waals surface area contributed by atoms with Crippen LogP contribution in [0.25, 0.3) is 12.2 Å². The van der Waals surface area contributed by atoms with Crippen molar-refractivity contribution in [3.8, 4) is 0 Å². The van der Waals surface area contributed by atoms with E-state index in [9.17, 15) is 16.8 Å². The lowest BCUT2D eigenvalue weighted by molar-refractivity contribution is 0.178. The summed E-state index contributed by atoms with van der Waals surface area (Å²) in [6.07, 6.45) is 6.36. The highest BCUT2D eigenvalue weighted by Gasteiger charge is 2.41. The number of rotatable bonds is 6. The highest BCUT2D eigenvalue weighted by atomic mass is 32.2. The molecule has 1 aliphatic rings. The third kappa shape index (κ3) is 5.37. The molecule has 10 heteroatoms. The zero-order chi connectivity index (χ0) is 30.7. The Morgan fingerprint density at radius 3 is 1.76 bits per heavy atom. The average molecular weight is 623 g/mol. The van der Waals surface area contributed by atoms with Gasteiger partial charge in [0.1, 0.15) is 0 Å². The van der Waals surface area contributed by atoms with Crippen LogP contribution in [0.1, 0.15) is 60.5 Å². The Morgan fingerprint density at radius 2 is 1.24 bits per heavy atom. The Hall–Kier alpha value is -3.18. The predicted octanol–water partition coefficient (Wildman–Crippen LogP) is 7.17. The van der Waals surface area contributed by atoms with Gasteiger partial charge in [-0.3, -0.25) is 0 Å². The van der Waals surface area contributed by atoms with Gasteiger partial charge < -0.3 is 4.43 Å². The van der Waals surface area contributed by atoms with Crippen LogP contribution < -0.4 is 0 Å². The van der Waals surface area contributed by atoms with Crippen LogP contribution in [0.4, 0.5) is 0 Å². The number of fused-ring (bicyclic) bond motifs is 2. The summed E-state index contributed by atoms with van der Waals surface area (Å²) in [5.74, 6) is 0. The molecule has 0 N–H and O–H groups in total. The molecule has 7 nitrogen and oxygen atoms in total.